The van der Waals surface area contributed by atoms with Gasteiger partial charge in [-0.3, -0.25) is 43.4 Å². The molecule has 3 aliphatic heterocycles. The molecule has 8 amide bonds. The number of aliphatic hydroxyl groups is 7. The molecule has 15 N–H and O–H groups in total. The number of aliphatic hydroxyl groups excluding tert-OH is 7. The molecule has 3 fully saturated rings. The van der Waals surface area contributed by atoms with Gasteiger partial charge in [-0.25, -0.2) is 0 Å². The maximum atomic E-state index is 14.7. The fraction of sp³-hybridized carbons (Fsp3) is 0.475. The van der Waals surface area contributed by atoms with E-state index in [4.69, 9.17) is 19.4 Å². The molecular weight excluding hydrogens is 1310 g/mol. The molecule has 96 heavy (non-hydrogen) atoms. The number of nitrogens with two attached hydrogens (primary N) is 1. The summed E-state index contributed by atoms with van der Waals surface area (Å²) in [4.78, 5) is 116. The number of aromatic nitrogens is 2. The Balaban J connectivity index is 0.0000130. The number of fused-ring (bicyclic) bond motifs is 3. The molecule has 14 atom stereocenters. The van der Waals surface area contributed by atoms with Crippen LogP contribution in [0.1, 0.15) is 80.8 Å². The number of carbonyl (C=O) groups excluding carboxylic acids is 8. The van der Waals surface area contributed by atoms with E-state index in [1.807, 2.05) is 30.3 Å². The third-order valence-corrected chi connectivity index (χ3v) is 17.7. The van der Waals surface area contributed by atoms with Gasteiger partial charge in [0.15, 0.2) is 11.5 Å². The third kappa shape index (κ3) is 19.3. The molecule has 8 rings (SSSR count). The average molecular weight is 1390 g/mol. The second-order valence-electron chi connectivity index (χ2n) is 23.3. The number of phenols is 1. The van der Waals surface area contributed by atoms with Gasteiger partial charge in [0.05, 0.1) is 43.5 Å². The Labute approximate surface area is 579 Å². The zero-order chi connectivity index (χ0) is 68.8. The number of benzene rings is 4. The van der Waals surface area contributed by atoms with Crippen LogP contribution in [0.25, 0.3) is 31.9 Å². The van der Waals surface area contributed by atoms with Crippen LogP contribution in [0.5, 0.6) is 17.2 Å². The van der Waals surface area contributed by atoms with Crippen molar-refractivity contribution in [2.45, 2.75) is 138 Å². The molecule has 0 radical (unpaired) electrons. The summed E-state index contributed by atoms with van der Waals surface area (Å²) in [5, 5.41) is 127. The van der Waals surface area contributed by atoms with Gasteiger partial charge < -0.3 is 102 Å². The molecular formula is C61H75N10NaO22S2. The van der Waals surface area contributed by atoms with Gasteiger partial charge >= 0.3 is 29.6 Å². The number of primary amides is 1. The van der Waals surface area contributed by atoms with Crippen LogP contribution in [-0.2, 0) is 47.7 Å². The first-order chi connectivity index (χ1) is 45.4. The van der Waals surface area contributed by atoms with E-state index in [-0.39, 0.29) is 53.0 Å². The predicted octanol–water partition coefficient (Wildman–Crippen LogP) is -5.20. The summed E-state index contributed by atoms with van der Waals surface area (Å²) in [7, 11) is 1.69. The van der Waals surface area contributed by atoms with Crippen LogP contribution in [0.4, 0.5) is 0 Å². The molecule has 35 heteroatoms. The molecule has 5 aromatic rings. The Morgan fingerprint density at radius 1 is 0.760 bits per heavy atom. The summed E-state index contributed by atoms with van der Waals surface area (Å²) in [5.41, 5.74) is 6.60. The Morgan fingerprint density at radius 2 is 1.41 bits per heavy atom. The maximum Gasteiger partial charge on any atom is 1.00 e. The van der Waals surface area contributed by atoms with Gasteiger partial charge in [0.25, 0.3) is 18.2 Å². The summed E-state index contributed by atoms with van der Waals surface area (Å²) in [6, 6.07) is 8.09. The van der Waals surface area contributed by atoms with Crippen molar-refractivity contribution < 1.29 is 137 Å². The van der Waals surface area contributed by atoms with Crippen molar-refractivity contribution in [1.29, 1.82) is 0 Å². The number of unbranched alkanes of at least 4 members (excludes halogenated alkanes) is 3. The van der Waals surface area contributed by atoms with Crippen molar-refractivity contribution in [1.82, 2.24) is 46.6 Å². The van der Waals surface area contributed by atoms with Crippen LogP contribution in [-0.4, -0.2) is 221 Å². The van der Waals surface area contributed by atoms with Crippen molar-refractivity contribution in [3.05, 3.63) is 90.0 Å². The first-order valence-electron chi connectivity index (χ1n) is 30.3. The Kier molecular flexibility index (Phi) is 28.0. The van der Waals surface area contributed by atoms with Gasteiger partial charge in [-0.15, -0.1) is 14.5 Å². The number of amides is 8. The van der Waals surface area contributed by atoms with E-state index in [9.17, 15) is 84.5 Å². The van der Waals surface area contributed by atoms with Gasteiger partial charge in [0.1, 0.15) is 64.2 Å². The van der Waals surface area contributed by atoms with E-state index < -0.39 is 183 Å². The molecule has 32 nitrogen and oxygen atoms in total. The van der Waals surface area contributed by atoms with E-state index in [1.54, 1.807) is 25.3 Å². The minimum absolute atomic E-state index is 0. The normalized spacial score (nSPS) is 24.4. The second kappa shape index (κ2) is 35.3. The summed E-state index contributed by atoms with van der Waals surface area (Å²) in [6.07, 6.45) is -12.2. The molecule has 0 saturated carbocycles. The van der Waals surface area contributed by atoms with Gasteiger partial charge in [0.2, 0.25) is 41.4 Å². The number of β-amino-alcohol motifs (C(OH)–C–C–N with tert-alkyl or cyclic N) is 1. The summed E-state index contributed by atoms with van der Waals surface area (Å²) in [5.74, 6) is -11.3. The second-order valence-corrected chi connectivity index (χ2v) is 24.7. The minimum atomic E-state index is -2.54. The molecule has 4 aromatic carbocycles. The summed E-state index contributed by atoms with van der Waals surface area (Å²) in [6.45, 7) is 2.00. The summed E-state index contributed by atoms with van der Waals surface area (Å²) >= 11 is 1.28. The average Bonchev–Trinajstić information content (AvgIpc) is 1.52. The molecule has 1 aromatic heterocycles. The largest absolute Gasteiger partial charge is 1.00 e. The molecule has 13 unspecified atom stereocenters. The molecule has 514 valence electrons. The zero-order valence-corrected chi connectivity index (χ0v) is 56.2. The number of hydrogen-bond donors (Lipinski definition) is 14. The number of methoxy groups -OCH3 is 1. The summed E-state index contributed by atoms with van der Waals surface area (Å²) < 4.78 is 20.1. The number of hydrogen-bond acceptors (Lipinski definition) is 26. The third-order valence-electron chi connectivity index (χ3n) is 16.3. The molecule has 0 aliphatic carbocycles. The Morgan fingerprint density at radius 3 is 2.09 bits per heavy atom. The quantitative estimate of drug-likeness (QED) is 0.00956. The van der Waals surface area contributed by atoms with Gasteiger partial charge in [-0.2, -0.15) is 0 Å². The van der Waals surface area contributed by atoms with Crippen molar-refractivity contribution >= 4 is 81.7 Å². The SMILES string of the molecule is COCCCCCCOc1ccc(-c2nnc(-c3ccc4cc(C(=O)N[C@H]5CC(O)CNC(=O)C6C(O)C(C)CN6C(=O)C(C(O)CC(N)=O)NC(=O)C(C(O)C(O)c6ccc(O)c(OSOO[O-])c6)NC(=O)C6CC(O)CN6C(=O)C(C(C)O)NC5=O)ccc4c3)s2)cc1.[Na+]. The fourth-order valence-corrected chi connectivity index (χ4v) is 12.3. The van der Waals surface area contributed by atoms with Crippen LogP contribution in [0.15, 0.2) is 78.9 Å². The fourth-order valence-electron chi connectivity index (χ4n) is 11.2. The van der Waals surface area contributed by atoms with Crippen LogP contribution in [0.3, 0.4) is 0 Å². The van der Waals surface area contributed by atoms with Crippen molar-refractivity contribution in [2.24, 2.45) is 11.7 Å². The topological polar surface area (TPSA) is 486 Å². The molecule has 3 saturated heterocycles. The molecule has 4 heterocycles. The number of ether oxygens (including phenoxy) is 2. The Bertz CT molecular complexity index is 3540. The van der Waals surface area contributed by atoms with E-state index in [0.717, 1.165) is 84.1 Å². The van der Waals surface area contributed by atoms with Crippen LogP contribution in [0, 0.1) is 5.92 Å². The van der Waals surface area contributed by atoms with E-state index in [0.29, 0.717) is 27.4 Å². The maximum absolute atomic E-state index is 14.7. The first-order valence-corrected chi connectivity index (χ1v) is 31.7. The number of nitrogens with zero attached hydrogens (tertiary/aromatic N) is 4. The van der Waals surface area contributed by atoms with Crippen molar-refractivity contribution in [3.63, 3.8) is 0 Å². The number of nitrogens with one attached hydrogen (secondary N) is 5. The van der Waals surface area contributed by atoms with Crippen molar-refractivity contribution in [2.75, 3.05) is 40.0 Å². The van der Waals surface area contributed by atoms with Crippen molar-refractivity contribution in [3.8, 4) is 38.4 Å². The smallest absolute Gasteiger partial charge is 0.691 e. The van der Waals surface area contributed by atoms with Crippen LogP contribution >= 0.6 is 23.7 Å². The predicted molar refractivity (Wildman–Crippen MR) is 333 cm³/mol. The minimum Gasteiger partial charge on any atom is -0.691 e. The monoisotopic (exact) mass is 1390 g/mol. The number of phenolic OH excluding ortho intramolecular Hbond substituents is 1. The van der Waals surface area contributed by atoms with Crippen LogP contribution < -0.4 is 76.1 Å². The molecule has 3 aliphatic rings. The van der Waals surface area contributed by atoms with Gasteiger partial charge in [-0.05, 0) is 97.1 Å². The number of aromatic hydroxyl groups is 1. The molecule has 0 bridgehead atoms. The zero-order valence-electron chi connectivity index (χ0n) is 52.5. The first kappa shape index (κ1) is 76.1. The number of carbonyl (C=O) groups is 8. The number of rotatable bonds is 23. The van der Waals surface area contributed by atoms with E-state index in [1.165, 1.54) is 30.4 Å². The van der Waals surface area contributed by atoms with E-state index >= 15 is 0 Å². The molecule has 0 spiro atoms. The standard InChI is InChI=1S/C61H76N10O22S2.Na/c1-29-27-71-49(50(29)78)57(85)63-26-37(73)23-40(64-53(81)35-10-8-33-21-36(11-9-32(33)20-35)59-69-68-58(94-59)31-12-15-39(16-13-31)90-19-7-5-4-6-18-89-3)54(82)65-46(30(2)72)60(86)70-28-38(74)24-41(70)55(83)67-48(56(84)66-47(61(71)87)43(76)25-45(62)77)52(80)51(79)34-14-17-42(75)44(22-34)91-95-93-92-88;/h8-17,20-22,29-30,37-38,40-41,43,46-52,72-76,78-80,88H,4-7,18-19,23-28H2,1-3H3,(H2,62,77)(H,63,85)(H,64,81)(H,65,82)(H,66,84)(H,67,83);/q;+1/p-1/t29?,30?,37?,38?,40-,41?,43?,46?,47?,48?,49?,50?,51?,52?;/m0./s1. The van der Waals surface area contributed by atoms with Gasteiger partial charge in [0, 0.05) is 68.8 Å². The van der Waals surface area contributed by atoms with Crippen LogP contribution in [0.2, 0.25) is 0 Å². The van der Waals surface area contributed by atoms with Gasteiger partial charge in [-0.1, -0.05) is 48.9 Å². The Hall–Kier alpha value is -7.23. The van der Waals surface area contributed by atoms with E-state index in [2.05, 4.69) is 46.2 Å².